The van der Waals surface area contributed by atoms with Crippen LogP contribution < -0.4 is 5.32 Å². The van der Waals surface area contributed by atoms with Crippen LogP contribution in [0.2, 0.25) is 0 Å². The Balaban J connectivity index is 2.30. The second-order valence-electron chi connectivity index (χ2n) is 4.93. The molecule has 0 bridgehead atoms. The quantitative estimate of drug-likeness (QED) is 0.749. The first-order valence-corrected chi connectivity index (χ1v) is 6.23. The summed E-state index contributed by atoms with van der Waals surface area (Å²) in [6.07, 6.45) is 0.620. The van der Waals surface area contributed by atoms with Gasteiger partial charge in [0, 0.05) is 39.6 Å². The fraction of sp³-hybridized carbons (Fsp3) is 0.833. The summed E-state index contributed by atoms with van der Waals surface area (Å²) in [6.45, 7) is 7.60. The first kappa shape index (κ1) is 14.0. The maximum atomic E-state index is 11.8. The molecule has 0 saturated carbocycles. The summed E-state index contributed by atoms with van der Waals surface area (Å²) < 4.78 is 0. The maximum absolute atomic E-state index is 11.8. The van der Waals surface area contributed by atoms with Crippen LogP contribution in [-0.4, -0.2) is 61.4 Å². The second-order valence-corrected chi connectivity index (χ2v) is 4.93. The molecule has 5 nitrogen and oxygen atoms in total. The fourth-order valence-electron chi connectivity index (χ4n) is 1.92. The van der Waals surface area contributed by atoms with Crippen molar-refractivity contribution in [1.82, 2.24) is 15.1 Å². The Bertz CT molecular complexity index is 271. The van der Waals surface area contributed by atoms with Gasteiger partial charge < -0.3 is 10.2 Å². The highest BCUT2D eigenvalue weighted by atomic mass is 16.2. The number of likely N-dealkylation sites (N-methyl/N-ethyl adjacent to an activating group) is 1. The number of carbonyl (C=O) groups is 2. The van der Waals surface area contributed by atoms with Crippen molar-refractivity contribution in [3.8, 4) is 0 Å². The van der Waals surface area contributed by atoms with Crippen LogP contribution >= 0.6 is 0 Å². The Hall–Kier alpha value is -1.10. The molecule has 98 valence electrons. The van der Waals surface area contributed by atoms with Gasteiger partial charge in [0.1, 0.15) is 0 Å². The molecule has 0 aliphatic carbocycles. The van der Waals surface area contributed by atoms with E-state index in [0.29, 0.717) is 18.9 Å². The van der Waals surface area contributed by atoms with Crippen molar-refractivity contribution >= 4 is 11.8 Å². The van der Waals surface area contributed by atoms with Crippen LogP contribution in [0.5, 0.6) is 0 Å². The summed E-state index contributed by atoms with van der Waals surface area (Å²) in [6, 6.07) is 0. The third kappa shape index (κ3) is 4.73. The molecule has 0 spiro atoms. The Morgan fingerprint density at radius 2 is 1.76 bits per heavy atom. The van der Waals surface area contributed by atoms with Crippen LogP contribution in [0.15, 0.2) is 0 Å². The van der Waals surface area contributed by atoms with Gasteiger partial charge in [-0.1, -0.05) is 13.8 Å². The van der Waals surface area contributed by atoms with E-state index in [1.54, 1.807) is 7.05 Å². The third-order valence-electron chi connectivity index (χ3n) is 2.95. The highest BCUT2D eigenvalue weighted by Crippen LogP contribution is 2.07. The van der Waals surface area contributed by atoms with Crippen molar-refractivity contribution in [2.24, 2.45) is 5.92 Å². The predicted octanol–water partition coefficient (Wildman–Crippen LogP) is -0.0773. The number of nitrogens with zero attached hydrogens (tertiary/aromatic N) is 2. The SMILES string of the molecule is CNC(=O)CN1CCN(C(=O)CC(C)C)CC1. The Kier molecular flexibility index (Phi) is 5.41. The van der Waals surface area contributed by atoms with Crippen LogP contribution in [0, 0.1) is 5.92 Å². The van der Waals surface area contributed by atoms with Gasteiger partial charge in [-0.15, -0.1) is 0 Å². The maximum Gasteiger partial charge on any atom is 0.233 e. The number of hydrogen-bond donors (Lipinski definition) is 1. The molecule has 0 unspecified atom stereocenters. The molecule has 5 heteroatoms. The lowest BCUT2D eigenvalue weighted by molar-refractivity contribution is -0.134. The summed E-state index contributed by atoms with van der Waals surface area (Å²) in [7, 11) is 1.64. The van der Waals surface area contributed by atoms with Gasteiger partial charge in [0.05, 0.1) is 6.54 Å². The van der Waals surface area contributed by atoms with E-state index < -0.39 is 0 Å². The lowest BCUT2D eigenvalue weighted by Crippen LogP contribution is -2.51. The fourth-order valence-corrected chi connectivity index (χ4v) is 1.92. The van der Waals surface area contributed by atoms with E-state index in [1.165, 1.54) is 0 Å². The molecule has 0 aromatic rings. The van der Waals surface area contributed by atoms with E-state index in [4.69, 9.17) is 0 Å². The molecule has 1 N–H and O–H groups in total. The minimum Gasteiger partial charge on any atom is -0.358 e. The summed E-state index contributed by atoms with van der Waals surface area (Å²) in [5, 5.41) is 2.61. The lowest BCUT2D eigenvalue weighted by Gasteiger charge is -2.34. The van der Waals surface area contributed by atoms with Crippen LogP contribution in [0.3, 0.4) is 0 Å². The Labute approximate surface area is 103 Å². The molecule has 1 aliphatic rings. The minimum absolute atomic E-state index is 0.0342. The topological polar surface area (TPSA) is 52.7 Å². The Morgan fingerprint density at radius 3 is 2.24 bits per heavy atom. The van der Waals surface area contributed by atoms with Gasteiger partial charge >= 0.3 is 0 Å². The van der Waals surface area contributed by atoms with E-state index in [2.05, 4.69) is 24.1 Å². The molecule has 17 heavy (non-hydrogen) atoms. The van der Waals surface area contributed by atoms with Gasteiger partial charge in [-0.05, 0) is 5.92 Å². The highest BCUT2D eigenvalue weighted by molar-refractivity contribution is 5.78. The van der Waals surface area contributed by atoms with E-state index in [9.17, 15) is 9.59 Å². The van der Waals surface area contributed by atoms with Crippen molar-refractivity contribution in [2.75, 3.05) is 39.8 Å². The molecule has 1 aliphatic heterocycles. The number of hydrogen-bond acceptors (Lipinski definition) is 3. The van der Waals surface area contributed by atoms with Crippen LogP contribution in [0.1, 0.15) is 20.3 Å². The zero-order valence-corrected chi connectivity index (χ0v) is 11.0. The summed E-state index contributed by atoms with van der Waals surface area (Å²) in [4.78, 5) is 27.0. The standard InChI is InChI=1S/C12H23N3O2/c1-10(2)8-12(17)15-6-4-14(5-7-15)9-11(16)13-3/h10H,4-9H2,1-3H3,(H,13,16). The monoisotopic (exact) mass is 241 g/mol. The summed E-state index contributed by atoms with van der Waals surface area (Å²) >= 11 is 0. The number of rotatable bonds is 4. The molecule has 1 fully saturated rings. The average Bonchev–Trinajstić information content (AvgIpc) is 2.28. The molecule has 0 aromatic carbocycles. The zero-order valence-electron chi connectivity index (χ0n) is 11.0. The summed E-state index contributed by atoms with van der Waals surface area (Å²) in [5.74, 6) is 0.679. The average molecular weight is 241 g/mol. The van der Waals surface area contributed by atoms with Crippen molar-refractivity contribution < 1.29 is 9.59 Å². The van der Waals surface area contributed by atoms with E-state index in [1.807, 2.05) is 4.90 Å². The molecule has 1 heterocycles. The summed E-state index contributed by atoms with van der Waals surface area (Å²) in [5.41, 5.74) is 0. The largest absolute Gasteiger partial charge is 0.358 e. The van der Waals surface area contributed by atoms with Crippen LogP contribution in [0.25, 0.3) is 0 Å². The van der Waals surface area contributed by atoms with Gasteiger partial charge in [-0.3, -0.25) is 14.5 Å². The molecule has 0 radical (unpaired) electrons. The number of amides is 2. The molecular formula is C12H23N3O2. The molecule has 0 atom stereocenters. The zero-order chi connectivity index (χ0) is 12.8. The van der Waals surface area contributed by atoms with Gasteiger partial charge in [-0.2, -0.15) is 0 Å². The first-order chi connectivity index (χ1) is 8.02. The van der Waals surface area contributed by atoms with Crippen molar-refractivity contribution in [3.63, 3.8) is 0 Å². The van der Waals surface area contributed by atoms with E-state index >= 15 is 0 Å². The second kappa shape index (κ2) is 6.59. The highest BCUT2D eigenvalue weighted by Gasteiger charge is 2.22. The van der Waals surface area contributed by atoms with E-state index in [-0.39, 0.29) is 11.8 Å². The van der Waals surface area contributed by atoms with Gasteiger partial charge in [0.15, 0.2) is 0 Å². The third-order valence-corrected chi connectivity index (χ3v) is 2.95. The van der Waals surface area contributed by atoms with Gasteiger partial charge in [0.2, 0.25) is 11.8 Å². The lowest BCUT2D eigenvalue weighted by atomic mass is 10.1. The van der Waals surface area contributed by atoms with E-state index in [0.717, 1.165) is 26.2 Å². The van der Waals surface area contributed by atoms with Crippen molar-refractivity contribution in [2.45, 2.75) is 20.3 Å². The minimum atomic E-state index is 0.0342. The number of carbonyl (C=O) groups excluding carboxylic acids is 2. The molecule has 1 saturated heterocycles. The Morgan fingerprint density at radius 1 is 1.18 bits per heavy atom. The smallest absolute Gasteiger partial charge is 0.233 e. The van der Waals surface area contributed by atoms with Crippen molar-refractivity contribution in [3.05, 3.63) is 0 Å². The molecule has 1 rings (SSSR count). The normalized spacial score (nSPS) is 17.3. The van der Waals surface area contributed by atoms with Crippen LogP contribution in [0.4, 0.5) is 0 Å². The van der Waals surface area contributed by atoms with Gasteiger partial charge in [0.25, 0.3) is 0 Å². The molecule has 0 aromatic heterocycles. The first-order valence-electron chi connectivity index (χ1n) is 6.23. The number of nitrogens with one attached hydrogen (secondary N) is 1. The molecule has 2 amide bonds. The van der Waals surface area contributed by atoms with Crippen LogP contribution in [-0.2, 0) is 9.59 Å². The van der Waals surface area contributed by atoms with Crippen molar-refractivity contribution in [1.29, 1.82) is 0 Å². The van der Waals surface area contributed by atoms with Gasteiger partial charge in [-0.25, -0.2) is 0 Å². The number of piperazine rings is 1. The molecular weight excluding hydrogens is 218 g/mol. The predicted molar refractivity (Wildman–Crippen MR) is 66.5 cm³/mol.